The number of hydrogen-bond acceptors (Lipinski definition) is 1. The van der Waals surface area contributed by atoms with Crippen LogP contribution in [-0.2, 0) is 4.79 Å². The van der Waals surface area contributed by atoms with Crippen LogP contribution in [0.5, 0.6) is 0 Å². The van der Waals surface area contributed by atoms with E-state index >= 15 is 0 Å². The van der Waals surface area contributed by atoms with E-state index in [1.54, 1.807) is 0 Å². The van der Waals surface area contributed by atoms with E-state index in [0.717, 1.165) is 30.6 Å². The second-order valence-electron chi connectivity index (χ2n) is 5.92. The molecule has 3 atom stereocenters. The summed E-state index contributed by atoms with van der Waals surface area (Å²) in [6.07, 6.45) is 6.30. The maximum absolute atomic E-state index is 11.7. The molecule has 14 heavy (non-hydrogen) atoms. The van der Waals surface area contributed by atoms with Crippen molar-refractivity contribution in [2.24, 2.45) is 34.8 Å². The third-order valence-corrected chi connectivity index (χ3v) is 5.31. The third kappa shape index (κ3) is 0.896. The predicted octanol–water partition coefficient (Wildman–Crippen LogP) is 1.93. The van der Waals surface area contributed by atoms with Gasteiger partial charge in [-0.1, -0.05) is 6.92 Å². The number of carbonyl (C=O) groups excluding carboxylic acids is 1. The number of rotatable bonds is 1. The highest BCUT2D eigenvalue weighted by atomic mass is 16.1. The second-order valence-corrected chi connectivity index (χ2v) is 5.92. The van der Waals surface area contributed by atoms with E-state index in [1.165, 1.54) is 19.3 Å². The summed E-state index contributed by atoms with van der Waals surface area (Å²) in [7, 11) is 0. The van der Waals surface area contributed by atoms with E-state index in [1.807, 2.05) is 0 Å². The molecule has 0 radical (unpaired) electrons. The molecule has 2 N–H and O–H groups in total. The lowest BCUT2D eigenvalue weighted by atomic mass is 9.45. The molecule has 3 unspecified atom stereocenters. The SMILES string of the molecule is CC1C2CC3CC(C2)CC1(C(N)=O)C3. The van der Waals surface area contributed by atoms with Gasteiger partial charge in [0.1, 0.15) is 0 Å². The molecule has 0 aromatic rings. The monoisotopic (exact) mass is 193 g/mol. The Kier molecular flexibility index (Phi) is 1.58. The summed E-state index contributed by atoms with van der Waals surface area (Å²) in [5, 5.41) is 0. The van der Waals surface area contributed by atoms with Gasteiger partial charge in [-0.15, -0.1) is 0 Å². The topological polar surface area (TPSA) is 43.1 Å². The lowest BCUT2D eigenvalue weighted by Gasteiger charge is -2.59. The van der Waals surface area contributed by atoms with Crippen molar-refractivity contribution in [2.75, 3.05) is 0 Å². The molecule has 0 aromatic carbocycles. The molecular formula is C12H19NO. The van der Waals surface area contributed by atoms with Crippen molar-refractivity contribution in [3.8, 4) is 0 Å². The van der Waals surface area contributed by atoms with E-state index in [2.05, 4.69) is 6.92 Å². The maximum atomic E-state index is 11.7. The van der Waals surface area contributed by atoms with E-state index in [0.29, 0.717) is 5.92 Å². The highest BCUT2D eigenvalue weighted by Crippen LogP contribution is 2.62. The molecule has 4 rings (SSSR count). The smallest absolute Gasteiger partial charge is 0.223 e. The van der Waals surface area contributed by atoms with Crippen molar-refractivity contribution in [3.05, 3.63) is 0 Å². The van der Waals surface area contributed by atoms with Crippen LogP contribution in [0.25, 0.3) is 0 Å². The molecule has 4 saturated carbocycles. The Balaban J connectivity index is 2.01. The number of nitrogens with two attached hydrogens (primary N) is 1. The Morgan fingerprint density at radius 2 is 1.79 bits per heavy atom. The fourth-order valence-corrected chi connectivity index (χ4v) is 4.72. The van der Waals surface area contributed by atoms with Crippen LogP contribution in [0.15, 0.2) is 0 Å². The summed E-state index contributed by atoms with van der Waals surface area (Å²) in [5.41, 5.74) is 5.54. The van der Waals surface area contributed by atoms with E-state index < -0.39 is 0 Å². The zero-order chi connectivity index (χ0) is 9.92. The number of primary amides is 1. The standard InChI is InChI=1S/C12H19NO/c1-7-10-3-8-2-9(4-10)6-12(7,5-8)11(13)14/h7-10H,2-6H2,1H3,(H2,13,14). The van der Waals surface area contributed by atoms with Gasteiger partial charge in [0.25, 0.3) is 0 Å². The first-order chi connectivity index (χ1) is 6.62. The highest BCUT2D eigenvalue weighted by molar-refractivity contribution is 5.81. The van der Waals surface area contributed by atoms with Crippen LogP contribution in [0.1, 0.15) is 39.0 Å². The molecule has 4 fully saturated rings. The molecule has 1 amide bonds. The van der Waals surface area contributed by atoms with Crippen molar-refractivity contribution in [2.45, 2.75) is 39.0 Å². The molecule has 4 aliphatic carbocycles. The fourth-order valence-electron chi connectivity index (χ4n) is 4.72. The normalized spacial score (nSPS) is 54.9. The number of hydrogen-bond donors (Lipinski definition) is 1. The van der Waals surface area contributed by atoms with Crippen molar-refractivity contribution < 1.29 is 4.79 Å². The molecule has 78 valence electrons. The molecule has 0 heterocycles. The van der Waals surface area contributed by atoms with Crippen molar-refractivity contribution in [3.63, 3.8) is 0 Å². The van der Waals surface area contributed by atoms with Crippen LogP contribution >= 0.6 is 0 Å². The van der Waals surface area contributed by atoms with Crippen LogP contribution in [0.3, 0.4) is 0 Å². The Bertz CT molecular complexity index is 272. The quantitative estimate of drug-likeness (QED) is 0.679. The summed E-state index contributed by atoms with van der Waals surface area (Å²) in [6.45, 7) is 2.26. The van der Waals surface area contributed by atoms with Gasteiger partial charge < -0.3 is 5.73 Å². The first-order valence-corrected chi connectivity index (χ1v) is 5.92. The number of carbonyl (C=O) groups is 1. The Labute approximate surface area is 85.2 Å². The molecule has 0 saturated heterocycles. The zero-order valence-electron chi connectivity index (χ0n) is 8.83. The summed E-state index contributed by atoms with van der Waals surface area (Å²) < 4.78 is 0. The largest absolute Gasteiger partial charge is 0.369 e. The summed E-state index contributed by atoms with van der Waals surface area (Å²) in [6, 6.07) is 0. The predicted molar refractivity (Wildman–Crippen MR) is 54.3 cm³/mol. The van der Waals surface area contributed by atoms with Gasteiger partial charge in [0, 0.05) is 0 Å². The first kappa shape index (κ1) is 8.75. The van der Waals surface area contributed by atoms with Crippen LogP contribution in [0.2, 0.25) is 0 Å². The van der Waals surface area contributed by atoms with Crippen molar-refractivity contribution >= 4 is 5.91 Å². The van der Waals surface area contributed by atoms with Gasteiger partial charge >= 0.3 is 0 Å². The van der Waals surface area contributed by atoms with Gasteiger partial charge in [0.2, 0.25) is 5.91 Å². The minimum atomic E-state index is -0.102. The van der Waals surface area contributed by atoms with E-state index in [-0.39, 0.29) is 11.3 Å². The van der Waals surface area contributed by atoms with Gasteiger partial charge in [0.15, 0.2) is 0 Å². The van der Waals surface area contributed by atoms with Crippen molar-refractivity contribution in [1.82, 2.24) is 0 Å². The Hall–Kier alpha value is -0.530. The highest BCUT2D eigenvalue weighted by Gasteiger charge is 2.58. The third-order valence-electron chi connectivity index (χ3n) is 5.31. The lowest BCUT2D eigenvalue weighted by Crippen LogP contribution is -2.57. The lowest BCUT2D eigenvalue weighted by molar-refractivity contribution is -0.154. The molecule has 2 nitrogen and oxygen atoms in total. The molecule has 0 spiro atoms. The Morgan fingerprint density at radius 1 is 1.21 bits per heavy atom. The zero-order valence-corrected chi connectivity index (χ0v) is 8.83. The molecule has 4 bridgehead atoms. The van der Waals surface area contributed by atoms with Crippen LogP contribution in [0, 0.1) is 29.1 Å². The fraction of sp³-hybridized carbons (Fsp3) is 0.917. The number of amides is 1. The first-order valence-electron chi connectivity index (χ1n) is 5.92. The summed E-state index contributed by atoms with van der Waals surface area (Å²) in [4.78, 5) is 11.7. The maximum Gasteiger partial charge on any atom is 0.223 e. The molecule has 0 aliphatic heterocycles. The van der Waals surface area contributed by atoms with Crippen molar-refractivity contribution in [1.29, 1.82) is 0 Å². The average Bonchev–Trinajstić information content (AvgIpc) is 2.12. The van der Waals surface area contributed by atoms with Crippen LogP contribution < -0.4 is 5.73 Å². The summed E-state index contributed by atoms with van der Waals surface area (Å²) in [5.74, 6) is 2.97. The van der Waals surface area contributed by atoms with Gasteiger partial charge in [-0.2, -0.15) is 0 Å². The van der Waals surface area contributed by atoms with Gasteiger partial charge in [-0.25, -0.2) is 0 Å². The van der Waals surface area contributed by atoms with Gasteiger partial charge in [0.05, 0.1) is 5.41 Å². The van der Waals surface area contributed by atoms with Crippen LogP contribution in [-0.4, -0.2) is 5.91 Å². The minimum absolute atomic E-state index is 0.0101. The molecule has 4 aliphatic rings. The average molecular weight is 193 g/mol. The van der Waals surface area contributed by atoms with E-state index in [9.17, 15) is 4.79 Å². The molecular weight excluding hydrogens is 174 g/mol. The van der Waals surface area contributed by atoms with Gasteiger partial charge in [-0.05, 0) is 55.8 Å². The van der Waals surface area contributed by atoms with Crippen LogP contribution in [0.4, 0.5) is 0 Å². The Morgan fingerprint density at radius 3 is 2.29 bits per heavy atom. The molecule has 2 heteroatoms. The second kappa shape index (κ2) is 2.53. The minimum Gasteiger partial charge on any atom is -0.369 e. The van der Waals surface area contributed by atoms with Gasteiger partial charge in [-0.3, -0.25) is 4.79 Å². The summed E-state index contributed by atoms with van der Waals surface area (Å²) >= 11 is 0. The molecule has 0 aromatic heterocycles. The van der Waals surface area contributed by atoms with E-state index in [4.69, 9.17) is 5.73 Å².